The third-order valence-corrected chi connectivity index (χ3v) is 5.56. The average molecular weight is 388 g/mol. The van der Waals surface area contributed by atoms with E-state index in [4.69, 9.17) is 14.2 Å². The fourth-order valence-electron chi connectivity index (χ4n) is 3.09. The molecule has 0 aliphatic carbocycles. The van der Waals surface area contributed by atoms with Crippen LogP contribution >= 0.6 is 11.8 Å². The van der Waals surface area contributed by atoms with Crippen molar-refractivity contribution in [1.29, 1.82) is 0 Å². The van der Waals surface area contributed by atoms with Gasteiger partial charge in [0.15, 0.2) is 11.5 Å². The summed E-state index contributed by atoms with van der Waals surface area (Å²) in [5.41, 5.74) is 1.06. The Kier molecular flexibility index (Phi) is 6.50. The summed E-state index contributed by atoms with van der Waals surface area (Å²) in [6, 6.07) is 13.7. The predicted molar refractivity (Wildman–Crippen MR) is 107 cm³/mol. The van der Waals surface area contributed by atoms with Crippen molar-refractivity contribution in [3.05, 3.63) is 48.0 Å². The lowest BCUT2D eigenvalue weighted by Gasteiger charge is -2.28. The number of carbonyl (C=O) groups excluding carboxylic acids is 1. The fourth-order valence-corrected chi connectivity index (χ4v) is 3.90. The molecule has 0 spiro atoms. The van der Waals surface area contributed by atoms with Gasteiger partial charge in [0.05, 0.1) is 18.9 Å². The topological polar surface area (TPSA) is 48.0 Å². The number of amides is 1. The first kappa shape index (κ1) is 19.4. The van der Waals surface area contributed by atoms with E-state index in [1.165, 1.54) is 11.8 Å². The van der Waals surface area contributed by atoms with Gasteiger partial charge in [-0.1, -0.05) is 12.1 Å². The van der Waals surface area contributed by atoms with Crippen LogP contribution in [0.25, 0.3) is 0 Å². The molecular weight excluding hydrogens is 362 g/mol. The second-order valence-corrected chi connectivity index (χ2v) is 7.28. The minimum Gasteiger partial charge on any atom is -0.497 e. The molecule has 2 aromatic rings. The third kappa shape index (κ3) is 4.69. The van der Waals surface area contributed by atoms with E-state index in [2.05, 4.69) is 0 Å². The largest absolute Gasteiger partial charge is 0.497 e. The summed E-state index contributed by atoms with van der Waals surface area (Å²) in [7, 11) is 1.65. The number of rotatable bonds is 7. The van der Waals surface area contributed by atoms with Crippen molar-refractivity contribution in [3.63, 3.8) is 0 Å². The summed E-state index contributed by atoms with van der Waals surface area (Å²) in [5.74, 6) is 2.79. The summed E-state index contributed by atoms with van der Waals surface area (Å²) in [6.07, 6.45) is 0. The molecule has 1 aliphatic rings. The molecule has 144 valence electrons. The number of hydrogen-bond donors (Lipinski definition) is 0. The maximum absolute atomic E-state index is 12.8. The summed E-state index contributed by atoms with van der Waals surface area (Å²) >= 11 is 1.51. The molecule has 27 heavy (non-hydrogen) atoms. The van der Waals surface area contributed by atoms with Gasteiger partial charge in [0.2, 0.25) is 5.91 Å². The lowest BCUT2D eigenvalue weighted by Crippen LogP contribution is -2.34. The molecule has 3 rings (SSSR count). The zero-order valence-electron chi connectivity index (χ0n) is 15.9. The van der Waals surface area contributed by atoms with Crippen molar-refractivity contribution in [3.8, 4) is 17.2 Å². The molecule has 2 aromatic carbocycles. The highest BCUT2D eigenvalue weighted by molar-refractivity contribution is 8.00. The molecule has 0 radical (unpaired) electrons. The van der Waals surface area contributed by atoms with Gasteiger partial charge in [-0.05, 0) is 49.7 Å². The number of carbonyl (C=O) groups is 1. The van der Waals surface area contributed by atoms with E-state index in [-0.39, 0.29) is 11.9 Å². The number of fused-ring (bicyclic) bond motifs is 1. The lowest BCUT2D eigenvalue weighted by molar-refractivity contribution is -0.130. The Hall–Kier alpha value is -2.34. The van der Waals surface area contributed by atoms with Crippen molar-refractivity contribution in [2.24, 2.45) is 0 Å². The van der Waals surface area contributed by atoms with Crippen LogP contribution < -0.4 is 14.2 Å². The van der Waals surface area contributed by atoms with E-state index >= 15 is 0 Å². The van der Waals surface area contributed by atoms with Crippen LogP contribution in [0.3, 0.4) is 0 Å². The van der Waals surface area contributed by atoms with Crippen molar-refractivity contribution < 1.29 is 19.0 Å². The van der Waals surface area contributed by atoms with Crippen molar-refractivity contribution >= 4 is 17.7 Å². The van der Waals surface area contributed by atoms with Crippen LogP contribution in [0.1, 0.15) is 25.5 Å². The standard InChI is InChI=1S/C21H25NO4S/c1-4-22(15(2)16-6-5-7-17(12-16)24-3)21(23)14-27-18-8-9-19-20(13-18)26-11-10-25-19/h5-9,12-13,15H,4,10-11,14H2,1-3H3/t15-/m0/s1. The highest BCUT2D eigenvalue weighted by Crippen LogP contribution is 2.34. The summed E-state index contributed by atoms with van der Waals surface area (Å²) in [6.45, 7) is 5.83. The van der Waals surface area contributed by atoms with Crippen LogP contribution in [-0.2, 0) is 4.79 Å². The van der Waals surface area contributed by atoms with Crippen molar-refractivity contribution in [2.75, 3.05) is 32.6 Å². The van der Waals surface area contributed by atoms with E-state index < -0.39 is 0 Å². The molecule has 0 aromatic heterocycles. The molecule has 5 nitrogen and oxygen atoms in total. The molecule has 0 N–H and O–H groups in total. The molecule has 0 saturated heterocycles. The van der Waals surface area contributed by atoms with Crippen molar-refractivity contribution in [2.45, 2.75) is 24.8 Å². The first-order chi connectivity index (χ1) is 13.1. The quantitative estimate of drug-likeness (QED) is 0.668. The van der Waals surface area contributed by atoms with Crippen LogP contribution in [0.4, 0.5) is 0 Å². The Bertz CT molecular complexity index is 796. The molecule has 0 fully saturated rings. The Morgan fingerprint density at radius 3 is 2.70 bits per heavy atom. The second kappa shape index (κ2) is 9.04. The molecule has 1 heterocycles. The molecule has 6 heteroatoms. The zero-order chi connectivity index (χ0) is 19.2. The Labute approximate surface area is 164 Å². The summed E-state index contributed by atoms with van der Waals surface area (Å²) in [4.78, 5) is 15.7. The Morgan fingerprint density at radius 2 is 1.96 bits per heavy atom. The maximum atomic E-state index is 12.8. The van der Waals surface area contributed by atoms with Gasteiger partial charge in [-0.25, -0.2) is 0 Å². The predicted octanol–water partition coefficient (Wildman–Crippen LogP) is 4.17. The molecule has 0 unspecified atom stereocenters. The Balaban J connectivity index is 1.64. The molecular formula is C21H25NO4S. The highest BCUT2D eigenvalue weighted by Gasteiger charge is 2.21. The van der Waals surface area contributed by atoms with Gasteiger partial charge in [0.25, 0.3) is 0 Å². The first-order valence-electron chi connectivity index (χ1n) is 9.08. The normalized spacial score (nSPS) is 13.7. The van der Waals surface area contributed by atoms with Gasteiger partial charge in [-0.2, -0.15) is 0 Å². The minimum atomic E-state index is -0.0153. The number of hydrogen-bond acceptors (Lipinski definition) is 5. The van der Waals surface area contributed by atoms with E-state index in [9.17, 15) is 4.79 Å². The molecule has 0 saturated carbocycles. The van der Waals surface area contributed by atoms with Crippen LogP contribution in [0, 0.1) is 0 Å². The minimum absolute atomic E-state index is 0.0153. The van der Waals surface area contributed by atoms with Crippen LogP contribution in [-0.4, -0.2) is 43.4 Å². The molecule has 1 aliphatic heterocycles. The second-order valence-electron chi connectivity index (χ2n) is 6.23. The number of benzene rings is 2. The molecule has 1 amide bonds. The smallest absolute Gasteiger partial charge is 0.233 e. The maximum Gasteiger partial charge on any atom is 0.233 e. The van der Waals surface area contributed by atoms with E-state index in [0.717, 1.165) is 27.7 Å². The first-order valence-corrected chi connectivity index (χ1v) is 10.1. The van der Waals surface area contributed by atoms with Gasteiger partial charge in [-0.15, -0.1) is 11.8 Å². The zero-order valence-corrected chi connectivity index (χ0v) is 16.8. The number of ether oxygens (including phenoxy) is 3. The van der Waals surface area contributed by atoms with Gasteiger partial charge in [-0.3, -0.25) is 4.79 Å². The highest BCUT2D eigenvalue weighted by atomic mass is 32.2. The molecule has 1 atom stereocenters. The van der Waals surface area contributed by atoms with Crippen LogP contribution in [0.5, 0.6) is 17.2 Å². The monoisotopic (exact) mass is 387 g/mol. The Morgan fingerprint density at radius 1 is 1.19 bits per heavy atom. The van der Waals surface area contributed by atoms with E-state index in [1.54, 1.807) is 7.11 Å². The summed E-state index contributed by atoms with van der Waals surface area (Å²) < 4.78 is 16.5. The van der Waals surface area contributed by atoms with Crippen LogP contribution in [0.2, 0.25) is 0 Å². The number of thioether (sulfide) groups is 1. The SMILES string of the molecule is CCN(C(=O)CSc1ccc2c(c1)OCCO2)[C@@H](C)c1cccc(OC)c1. The average Bonchev–Trinajstić information content (AvgIpc) is 2.72. The van der Waals surface area contributed by atoms with E-state index in [0.29, 0.717) is 25.5 Å². The fraction of sp³-hybridized carbons (Fsp3) is 0.381. The third-order valence-electron chi connectivity index (χ3n) is 4.58. The van der Waals surface area contributed by atoms with Gasteiger partial charge in [0.1, 0.15) is 19.0 Å². The molecule has 0 bridgehead atoms. The number of nitrogens with zero attached hydrogens (tertiary/aromatic N) is 1. The van der Waals surface area contributed by atoms with E-state index in [1.807, 2.05) is 61.2 Å². The van der Waals surface area contributed by atoms with Gasteiger partial charge in [0, 0.05) is 11.4 Å². The lowest BCUT2D eigenvalue weighted by atomic mass is 10.1. The van der Waals surface area contributed by atoms with Crippen LogP contribution in [0.15, 0.2) is 47.4 Å². The van der Waals surface area contributed by atoms with Gasteiger partial charge < -0.3 is 19.1 Å². The number of methoxy groups -OCH3 is 1. The van der Waals surface area contributed by atoms with Gasteiger partial charge >= 0.3 is 0 Å². The summed E-state index contributed by atoms with van der Waals surface area (Å²) in [5, 5.41) is 0. The van der Waals surface area contributed by atoms with Crippen molar-refractivity contribution in [1.82, 2.24) is 4.90 Å².